The van der Waals surface area contributed by atoms with Gasteiger partial charge in [0.1, 0.15) is 17.2 Å². The first-order chi connectivity index (χ1) is 17.8. The Labute approximate surface area is 214 Å². The van der Waals surface area contributed by atoms with Crippen LogP contribution < -0.4 is 4.74 Å². The number of aryl methyl sites for hydroxylation is 1. The average molecular weight is 504 g/mol. The molecule has 0 unspecified atom stereocenters. The number of H-pyrrole nitrogens is 1. The molecule has 0 radical (unpaired) electrons. The number of benzene rings is 1. The third kappa shape index (κ3) is 4.84. The number of carbonyl (C=O) groups is 3. The number of aliphatic hydroxyl groups is 1. The predicted octanol–water partition coefficient (Wildman–Crippen LogP) is 4.22. The van der Waals surface area contributed by atoms with Crippen molar-refractivity contribution in [2.45, 2.75) is 40.3 Å². The van der Waals surface area contributed by atoms with Gasteiger partial charge in [0.2, 0.25) is 0 Å². The third-order valence-corrected chi connectivity index (χ3v) is 6.28. The number of carbonyl (C=O) groups excluding carboxylic acids is 3. The predicted molar refractivity (Wildman–Crippen MR) is 136 cm³/mol. The molecule has 1 saturated heterocycles. The zero-order valence-electron chi connectivity index (χ0n) is 21.2. The Kier molecular flexibility index (Phi) is 7.42. The van der Waals surface area contributed by atoms with Crippen LogP contribution in [0, 0.1) is 13.8 Å². The molecule has 3 aromatic rings. The van der Waals surface area contributed by atoms with Gasteiger partial charge in [-0.1, -0.05) is 18.2 Å². The highest BCUT2D eigenvalue weighted by molar-refractivity contribution is 6.46. The molecule has 0 saturated carbocycles. The van der Waals surface area contributed by atoms with Gasteiger partial charge in [0.05, 0.1) is 24.8 Å². The summed E-state index contributed by atoms with van der Waals surface area (Å²) in [6, 6.07) is 9.76. The van der Waals surface area contributed by atoms with E-state index in [0.717, 1.165) is 5.56 Å². The van der Waals surface area contributed by atoms with Crippen LogP contribution in [-0.4, -0.2) is 50.8 Å². The Bertz CT molecular complexity index is 1360. The van der Waals surface area contributed by atoms with Gasteiger partial charge in [-0.2, -0.15) is 0 Å². The molecule has 3 heterocycles. The largest absolute Gasteiger partial charge is 0.507 e. The molecule has 9 heteroatoms. The highest BCUT2D eigenvalue weighted by Gasteiger charge is 2.46. The van der Waals surface area contributed by atoms with Gasteiger partial charge in [-0.05, 0) is 62.6 Å². The highest BCUT2D eigenvalue weighted by atomic mass is 16.5. The van der Waals surface area contributed by atoms with Gasteiger partial charge in [0.15, 0.2) is 0 Å². The van der Waals surface area contributed by atoms with Gasteiger partial charge in [-0.25, -0.2) is 4.79 Å². The van der Waals surface area contributed by atoms with Gasteiger partial charge in [-0.15, -0.1) is 0 Å². The minimum absolute atomic E-state index is 0.0568. The molecule has 1 aliphatic heterocycles. The molecule has 1 aromatic carbocycles. The Balaban J connectivity index is 1.87. The summed E-state index contributed by atoms with van der Waals surface area (Å²) in [5.41, 5.74) is 2.68. The maximum atomic E-state index is 13.4. The topological polar surface area (TPSA) is 122 Å². The molecule has 2 N–H and O–H groups in total. The molecule has 2 aromatic heterocycles. The van der Waals surface area contributed by atoms with Gasteiger partial charge in [-0.3, -0.25) is 14.6 Å². The molecular formula is C28H29N3O6. The molecule has 4 rings (SSSR count). The second-order valence-corrected chi connectivity index (χ2v) is 8.64. The first-order valence-electron chi connectivity index (χ1n) is 12.0. The van der Waals surface area contributed by atoms with Crippen molar-refractivity contribution in [2.24, 2.45) is 0 Å². The van der Waals surface area contributed by atoms with Crippen molar-refractivity contribution in [3.8, 4) is 5.75 Å². The van der Waals surface area contributed by atoms with Crippen LogP contribution in [-0.2, 0) is 20.9 Å². The van der Waals surface area contributed by atoms with E-state index in [1.54, 1.807) is 63.5 Å². The molecule has 1 aliphatic rings. The van der Waals surface area contributed by atoms with E-state index in [1.807, 2.05) is 13.0 Å². The summed E-state index contributed by atoms with van der Waals surface area (Å²) in [5, 5.41) is 11.5. The first-order valence-corrected chi connectivity index (χ1v) is 12.0. The maximum Gasteiger partial charge on any atom is 0.355 e. The fraction of sp³-hybridized carbons (Fsp3) is 0.286. The second kappa shape index (κ2) is 10.7. The summed E-state index contributed by atoms with van der Waals surface area (Å²) in [6.45, 7) is 7.72. The van der Waals surface area contributed by atoms with Crippen molar-refractivity contribution in [3.63, 3.8) is 0 Å². The minimum Gasteiger partial charge on any atom is -0.507 e. The van der Waals surface area contributed by atoms with Crippen molar-refractivity contribution in [1.29, 1.82) is 0 Å². The smallest absolute Gasteiger partial charge is 0.355 e. The van der Waals surface area contributed by atoms with E-state index >= 15 is 0 Å². The van der Waals surface area contributed by atoms with Crippen molar-refractivity contribution >= 4 is 23.4 Å². The summed E-state index contributed by atoms with van der Waals surface area (Å²) in [4.78, 5) is 47.6. The van der Waals surface area contributed by atoms with Crippen LogP contribution in [0.2, 0.25) is 0 Å². The highest BCUT2D eigenvalue weighted by Crippen LogP contribution is 2.42. The van der Waals surface area contributed by atoms with Crippen LogP contribution in [0.15, 0.2) is 54.4 Å². The summed E-state index contributed by atoms with van der Waals surface area (Å²) in [5.74, 6) is -1.82. The summed E-state index contributed by atoms with van der Waals surface area (Å²) >= 11 is 0. The van der Waals surface area contributed by atoms with Crippen molar-refractivity contribution in [2.75, 3.05) is 13.2 Å². The Hall–Kier alpha value is -4.40. The fourth-order valence-corrected chi connectivity index (χ4v) is 4.64. The fourth-order valence-electron chi connectivity index (χ4n) is 4.64. The van der Waals surface area contributed by atoms with Gasteiger partial charge < -0.3 is 24.5 Å². The number of pyridine rings is 1. The number of esters is 1. The lowest BCUT2D eigenvalue weighted by Crippen LogP contribution is -2.29. The number of amides is 1. The van der Waals surface area contributed by atoms with Gasteiger partial charge in [0, 0.05) is 30.2 Å². The standard InChI is InChI=1S/C28H29N3O6/c1-5-36-20-11-9-19(10-12-20)24-22(26(33)27(34)31(24)15-18-8-7-13-29-14-18)25(32)21-16(3)23(30-17(21)4)28(35)37-6-2/h7-14,24,30,32H,5-6,15H2,1-4H3/t24-/m1/s1. The Morgan fingerprint density at radius 3 is 2.46 bits per heavy atom. The molecule has 192 valence electrons. The van der Waals surface area contributed by atoms with Crippen LogP contribution in [0.25, 0.3) is 5.76 Å². The van der Waals surface area contributed by atoms with E-state index in [9.17, 15) is 19.5 Å². The zero-order chi connectivity index (χ0) is 26.7. The van der Waals surface area contributed by atoms with Crippen LogP contribution in [0.1, 0.15) is 58.3 Å². The van der Waals surface area contributed by atoms with E-state index in [1.165, 1.54) is 4.90 Å². The molecule has 0 aliphatic carbocycles. The molecule has 9 nitrogen and oxygen atoms in total. The molecule has 0 bridgehead atoms. The number of rotatable bonds is 8. The summed E-state index contributed by atoms with van der Waals surface area (Å²) < 4.78 is 10.7. The van der Waals surface area contributed by atoms with Crippen LogP contribution in [0.3, 0.4) is 0 Å². The third-order valence-electron chi connectivity index (χ3n) is 6.28. The lowest BCUT2D eigenvalue weighted by atomic mass is 9.94. The van der Waals surface area contributed by atoms with Gasteiger partial charge in [0.25, 0.3) is 11.7 Å². The Morgan fingerprint density at radius 2 is 1.84 bits per heavy atom. The molecular weight excluding hydrogens is 474 g/mol. The van der Waals surface area contributed by atoms with Crippen LogP contribution in [0.4, 0.5) is 0 Å². The van der Waals surface area contributed by atoms with Crippen LogP contribution in [0.5, 0.6) is 5.75 Å². The van der Waals surface area contributed by atoms with E-state index in [-0.39, 0.29) is 30.2 Å². The molecule has 1 amide bonds. The lowest BCUT2D eigenvalue weighted by molar-refractivity contribution is -0.140. The SMILES string of the molecule is CCOC(=O)c1[nH]c(C)c(C(O)=C2C(=O)C(=O)N(Cc3cccnc3)[C@@H]2c2ccc(OCC)cc2)c1C. The monoisotopic (exact) mass is 503 g/mol. The summed E-state index contributed by atoms with van der Waals surface area (Å²) in [7, 11) is 0. The average Bonchev–Trinajstić information content (AvgIpc) is 3.32. The summed E-state index contributed by atoms with van der Waals surface area (Å²) in [6.07, 6.45) is 3.25. The number of aliphatic hydroxyl groups excluding tert-OH is 1. The number of nitrogens with one attached hydrogen (secondary N) is 1. The van der Waals surface area contributed by atoms with Crippen LogP contribution >= 0.6 is 0 Å². The zero-order valence-corrected chi connectivity index (χ0v) is 21.2. The lowest BCUT2D eigenvalue weighted by Gasteiger charge is -2.25. The number of aromatic nitrogens is 2. The number of ether oxygens (including phenoxy) is 2. The quantitative estimate of drug-likeness (QED) is 0.204. The minimum atomic E-state index is -0.865. The molecule has 0 spiro atoms. The number of likely N-dealkylation sites (tertiary alicyclic amines) is 1. The number of Topliss-reactive ketones (excluding diaryl/α,β-unsaturated/α-hetero) is 1. The van der Waals surface area contributed by atoms with E-state index in [0.29, 0.717) is 34.7 Å². The van der Waals surface area contributed by atoms with Crippen molar-refractivity contribution < 1.29 is 29.0 Å². The number of hydrogen-bond acceptors (Lipinski definition) is 7. The number of aromatic amines is 1. The normalized spacial score (nSPS) is 16.8. The van der Waals surface area contributed by atoms with E-state index < -0.39 is 23.7 Å². The van der Waals surface area contributed by atoms with Crippen molar-refractivity contribution in [3.05, 3.63) is 88.0 Å². The molecule has 1 atom stereocenters. The number of hydrogen-bond donors (Lipinski definition) is 2. The van der Waals surface area contributed by atoms with Crippen molar-refractivity contribution in [1.82, 2.24) is 14.9 Å². The number of ketones is 1. The van der Waals surface area contributed by atoms with Gasteiger partial charge >= 0.3 is 5.97 Å². The second-order valence-electron chi connectivity index (χ2n) is 8.64. The first kappa shape index (κ1) is 25.7. The Morgan fingerprint density at radius 1 is 1.11 bits per heavy atom. The molecule has 37 heavy (non-hydrogen) atoms. The van der Waals surface area contributed by atoms with E-state index in [4.69, 9.17) is 9.47 Å². The maximum absolute atomic E-state index is 13.4. The number of nitrogens with zero attached hydrogens (tertiary/aromatic N) is 2. The molecule has 1 fully saturated rings. The van der Waals surface area contributed by atoms with E-state index in [2.05, 4.69) is 9.97 Å².